The van der Waals surface area contributed by atoms with Crippen molar-refractivity contribution in [2.24, 2.45) is 5.10 Å². The molecule has 0 aliphatic heterocycles. The van der Waals surface area contributed by atoms with E-state index in [4.69, 9.17) is 9.72 Å². The van der Waals surface area contributed by atoms with Crippen LogP contribution in [0.5, 0.6) is 5.75 Å². The fourth-order valence-electron chi connectivity index (χ4n) is 3.13. The van der Waals surface area contributed by atoms with Crippen molar-refractivity contribution in [3.63, 3.8) is 0 Å². The van der Waals surface area contributed by atoms with Crippen molar-refractivity contribution in [3.05, 3.63) is 89.8 Å². The summed E-state index contributed by atoms with van der Waals surface area (Å²) in [6.07, 6.45) is 1.78. The molecule has 0 saturated heterocycles. The molecule has 0 bridgehead atoms. The maximum Gasteiger partial charge on any atom is 0.282 e. The van der Waals surface area contributed by atoms with E-state index < -0.39 is 0 Å². The molecule has 1 heterocycles. The van der Waals surface area contributed by atoms with Crippen molar-refractivity contribution in [2.75, 3.05) is 0 Å². The van der Waals surface area contributed by atoms with Crippen molar-refractivity contribution in [1.29, 1.82) is 0 Å². The Kier molecular flexibility index (Phi) is 6.71. The first-order valence-corrected chi connectivity index (χ1v) is 11.9. The van der Waals surface area contributed by atoms with Crippen LogP contribution in [0.15, 0.2) is 76.6 Å². The van der Waals surface area contributed by atoms with Crippen LogP contribution in [0.25, 0.3) is 22.3 Å². The predicted octanol–water partition coefficient (Wildman–Crippen LogP) is 5.94. The molecule has 0 atom stereocenters. The summed E-state index contributed by atoms with van der Waals surface area (Å²) in [7, 11) is 0. The number of nitrogens with zero attached hydrogens (tertiary/aromatic N) is 3. The standard InChI is InChI=1S/C24H19I2N3O2/c1-15(2)31-22-19(25)12-16(13-20(22)26)14-27-29-23(17-8-4-3-5-9-17)28-21-11-7-6-10-18(21)24(29)30/h3-15H,1-2H3. The number of rotatable bonds is 5. The zero-order valence-electron chi connectivity index (χ0n) is 16.9. The highest BCUT2D eigenvalue weighted by Crippen LogP contribution is 2.29. The Morgan fingerprint density at radius 1 is 1.00 bits per heavy atom. The molecule has 7 heteroatoms. The van der Waals surface area contributed by atoms with E-state index in [-0.39, 0.29) is 11.7 Å². The number of para-hydroxylation sites is 1. The quantitative estimate of drug-likeness (QED) is 0.202. The van der Waals surface area contributed by atoms with Gasteiger partial charge in [0.2, 0.25) is 0 Å². The highest BCUT2D eigenvalue weighted by atomic mass is 127. The molecule has 1 aromatic heterocycles. The molecule has 31 heavy (non-hydrogen) atoms. The molecule has 0 unspecified atom stereocenters. The van der Waals surface area contributed by atoms with Crippen molar-refractivity contribution < 1.29 is 4.74 Å². The molecule has 0 aliphatic rings. The lowest BCUT2D eigenvalue weighted by molar-refractivity contribution is 0.239. The fourth-order valence-corrected chi connectivity index (χ4v) is 5.20. The molecule has 0 fully saturated rings. The third-order valence-electron chi connectivity index (χ3n) is 4.48. The van der Waals surface area contributed by atoms with Crippen LogP contribution in [0.2, 0.25) is 0 Å². The number of hydrogen-bond acceptors (Lipinski definition) is 4. The molecule has 4 rings (SSSR count). The van der Waals surface area contributed by atoms with Crippen LogP contribution in [-0.4, -0.2) is 22.0 Å². The van der Waals surface area contributed by atoms with Gasteiger partial charge in [-0.25, -0.2) is 4.98 Å². The average Bonchev–Trinajstić information content (AvgIpc) is 2.76. The topological polar surface area (TPSA) is 56.5 Å². The Morgan fingerprint density at radius 2 is 1.65 bits per heavy atom. The number of fused-ring (bicyclic) bond motifs is 1. The first kappa shape index (κ1) is 21.9. The minimum absolute atomic E-state index is 0.0947. The molecule has 0 N–H and O–H groups in total. The second kappa shape index (κ2) is 9.47. The summed E-state index contributed by atoms with van der Waals surface area (Å²) < 4.78 is 9.27. The van der Waals surface area contributed by atoms with Crippen LogP contribution in [0.4, 0.5) is 0 Å². The molecule has 4 aromatic rings. The third kappa shape index (κ3) is 4.82. The van der Waals surface area contributed by atoms with Crippen LogP contribution >= 0.6 is 45.2 Å². The van der Waals surface area contributed by atoms with Gasteiger partial charge in [0.05, 0.1) is 30.4 Å². The molecule has 5 nitrogen and oxygen atoms in total. The zero-order chi connectivity index (χ0) is 22.0. The summed E-state index contributed by atoms with van der Waals surface area (Å²) in [5.41, 5.74) is 2.15. The van der Waals surface area contributed by atoms with Gasteiger partial charge in [-0.1, -0.05) is 42.5 Å². The molecular formula is C24H19I2N3O2. The van der Waals surface area contributed by atoms with Gasteiger partial charge in [0.15, 0.2) is 5.82 Å². The van der Waals surface area contributed by atoms with Gasteiger partial charge in [0.1, 0.15) is 5.75 Å². The number of hydrogen-bond donors (Lipinski definition) is 0. The second-order valence-electron chi connectivity index (χ2n) is 7.16. The highest BCUT2D eigenvalue weighted by molar-refractivity contribution is 14.1. The summed E-state index contributed by atoms with van der Waals surface area (Å²) in [6.45, 7) is 4.01. The maximum absolute atomic E-state index is 13.2. The molecule has 156 valence electrons. The average molecular weight is 635 g/mol. The van der Waals surface area contributed by atoms with E-state index in [1.165, 1.54) is 4.68 Å². The van der Waals surface area contributed by atoms with Crippen molar-refractivity contribution >= 4 is 62.3 Å². The normalized spacial score (nSPS) is 11.5. The zero-order valence-corrected chi connectivity index (χ0v) is 21.2. The van der Waals surface area contributed by atoms with Crippen LogP contribution in [-0.2, 0) is 0 Å². The number of halogens is 2. The lowest BCUT2D eigenvalue weighted by Gasteiger charge is -2.14. The van der Waals surface area contributed by atoms with Crippen molar-refractivity contribution in [1.82, 2.24) is 9.66 Å². The summed E-state index contributed by atoms with van der Waals surface area (Å²) in [5, 5.41) is 5.08. The van der Waals surface area contributed by atoms with Gasteiger partial charge < -0.3 is 4.74 Å². The van der Waals surface area contributed by atoms with E-state index in [0.29, 0.717) is 16.7 Å². The lowest BCUT2D eigenvalue weighted by Crippen LogP contribution is -2.20. The summed E-state index contributed by atoms with van der Waals surface area (Å²) in [6, 6.07) is 20.9. The van der Waals surface area contributed by atoms with E-state index in [1.54, 1.807) is 12.3 Å². The minimum atomic E-state index is -0.204. The van der Waals surface area contributed by atoms with Crippen molar-refractivity contribution in [3.8, 4) is 17.1 Å². The van der Waals surface area contributed by atoms with Gasteiger partial charge in [-0.15, -0.1) is 0 Å². The summed E-state index contributed by atoms with van der Waals surface area (Å²) in [4.78, 5) is 18.0. The first-order valence-electron chi connectivity index (χ1n) is 9.71. The molecule has 0 saturated carbocycles. The number of benzene rings is 3. The van der Waals surface area contributed by atoms with E-state index in [1.807, 2.05) is 74.5 Å². The Hall–Kier alpha value is -2.27. The first-order chi connectivity index (χ1) is 14.9. The minimum Gasteiger partial charge on any atom is -0.489 e. The Labute approximate surface area is 207 Å². The Balaban J connectivity index is 1.84. The molecule has 0 aliphatic carbocycles. The smallest absolute Gasteiger partial charge is 0.282 e. The number of aromatic nitrogens is 2. The van der Waals surface area contributed by atoms with Gasteiger partial charge >= 0.3 is 0 Å². The Morgan fingerprint density at radius 3 is 2.32 bits per heavy atom. The van der Waals surface area contributed by atoms with E-state index in [2.05, 4.69) is 50.3 Å². The van der Waals surface area contributed by atoms with Crippen LogP contribution in [0, 0.1) is 7.14 Å². The Bertz CT molecular complexity index is 1310. The molecule has 0 radical (unpaired) electrons. The predicted molar refractivity (Wildman–Crippen MR) is 142 cm³/mol. The van der Waals surface area contributed by atoms with Gasteiger partial charge in [-0.2, -0.15) is 9.78 Å². The monoisotopic (exact) mass is 635 g/mol. The van der Waals surface area contributed by atoms with E-state index in [0.717, 1.165) is 24.0 Å². The summed E-state index contributed by atoms with van der Waals surface area (Å²) in [5.74, 6) is 1.37. The lowest BCUT2D eigenvalue weighted by atomic mass is 10.2. The van der Waals surface area contributed by atoms with Gasteiger partial charge in [-0.05, 0) is 88.9 Å². The van der Waals surface area contributed by atoms with E-state index in [9.17, 15) is 4.79 Å². The molecule has 0 spiro atoms. The third-order valence-corrected chi connectivity index (χ3v) is 6.08. The largest absolute Gasteiger partial charge is 0.489 e. The van der Waals surface area contributed by atoms with Gasteiger partial charge in [-0.3, -0.25) is 4.79 Å². The SMILES string of the molecule is CC(C)Oc1c(I)cc(C=Nn2c(-c3ccccc3)nc3ccccc3c2=O)cc1I. The van der Waals surface area contributed by atoms with Crippen LogP contribution < -0.4 is 10.3 Å². The highest BCUT2D eigenvalue weighted by Gasteiger charge is 2.13. The molecular weight excluding hydrogens is 616 g/mol. The van der Waals surface area contributed by atoms with Crippen LogP contribution in [0.1, 0.15) is 19.4 Å². The molecule has 3 aromatic carbocycles. The van der Waals surface area contributed by atoms with E-state index >= 15 is 0 Å². The molecule has 0 amide bonds. The summed E-state index contributed by atoms with van der Waals surface area (Å²) >= 11 is 4.52. The maximum atomic E-state index is 13.2. The fraction of sp³-hybridized carbons (Fsp3) is 0.125. The van der Waals surface area contributed by atoms with Gasteiger partial charge in [0, 0.05) is 5.56 Å². The van der Waals surface area contributed by atoms with Crippen LogP contribution in [0.3, 0.4) is 0 Å². The number of ether oxygens (including phenoxy) is 1. The van der Waals surface area contributed by atoms with Gasteiger partial charge in [0.25, 0.3) is 5.56 Å². The van der Waals surface area contributed by atoms with Crippen molar-refractivity contribution in [2.45, 2.75) is 20.0 Å². The second-order valence-corrected chi connectivity index (χ2v) is 9.48.